The highest BCUT2D eigenvalue weighted by Gasteiger charge is 2.17. The highest BCUT2D eigenvalue weighted by molar-refractivity contribution is 5.63. The fraction of sp³-hybridized carbons (Fsp3) is 0.800. The van der Waals surface area contributed by atoms with Crippen LogP contribution in [0, 0.1) is 5.92 Å². The third kappa shape index (κ3) is 1.57. The number of hydrazone groups is 1. The van der Waals surface area contributed by atoms with Crippen molar-refractivity contribution in [2.24, 2.45) is 11.0 Å². The molecule has 1 aliphatic rings. The van der Waals surface area contributed by atoms with E-state index in [2.05, 4.69) is 10.5 Å². The molecule has 0 unspecified atom stereocenters. The smallest absolute Gasteiger partial charge is 0.0273 e. The summed E-state index contributed by atoms with van der Waals surface area (Å²) in [5, 5.41) is 3.86. The zero-order valence-electron chi connectivity index (χ0n) is 4.52. The molecular weight excluding hydrogens is 88.1 g/mol. The Morgan fingerprint density at radius 1 is 1.71 bits per heavy atom. The number of nitrogens with zero attached hydrogens (tertiary/aromatic N) is 1. The van der Waals surface area contributed by atoms with E-state index in [-0.39, 0.29) is 0 Å². The van der Waals surface area contributed by atoms with Crippen LogP contribution < -0.4 is 5.43 Å². The van der Waals surface area contributed by atoms with Crippen molar-refractivity contribution < 1.29 is 0 Å². The van der Waals surface area contributed by atoms with Gasteiger partial charge in [-0.25, -0.2) is 0 Å². The molecule has 0 amide bonds. The van der Waals surface area contributed by atoms with Gasteiger partial charge in [-0.3, -0.25) is 0 Å². The molecule has 0 spiro atoms. The maximum absolute atomic E-state index is 3.86. The van der Waals surface area contributed by atoms with E-state index in [0.29, 0.717) is 0 Å². The third-order valence-electron chi connectivity index (χ3n) is 1.04. The molecule has 0 bridgehead atoms. The molecule has 40 valence electrons. The second kappa shape index (κ2) is 1.96. The average Bonchev–Trinajstić information content (AvgIpc) is 2.42. The van der Waals surface area contributed by atoms with Crippen LogP contribution in [0.25, 0.3) is 0 Å². The molecule has 0 saturated heterocycles. The lowest BCUT2D eigenvalue weighted by atomic mass is 10.5. The van der Waals surface area contributed by atoms with E-state index in [4.69, 9.17) is 0 Å². The topological polar surface area (TPSA) is 24.4 Å². The van der Waals surface area contributed by atoms with Gasteiger partial charge in [0.25, 0.3) is 0 Å². The third-order valence-corrected chi connectivity index (χ3v) is 1.04. The Bertz CT molecular complexity index is 74.1. The molecule has 2 heteroatoms. The minimum absolute atomic E-state index is 0.799. The molecule has 1 N–H and O–H groups in total. The molecule has 0 aliphatic heterocycles. The minimum Gasteiger partial charge on any atom is -0.313 e. The first kappa shape index (κ1) is 4.62. The second-order valence-electron chi connectivity index (χ2n) is 1.84. The maximum atomic E-state index is 3.86. The van der Waals surface area contributed by atoms with E-state index >= 15 is 0 Å². The minimum atomic E-state index is 0.799. The molecule has 0 heterocycles. The van der Waals surface area contributed by atoms with Gasteiger partial charge in [0, 0.05) is 13.3 Å². The molecule has 0 aromatic rings. The van der Waals surface area contributed by atoms with Crippen molar-refractivity contribution in [3.8, 4) is 0 Å². The predicted octanol–water partition coefficient (Wildman–Crippen LogP) is 0.602. The van der Waals surface area contributed by atoms with Gasteiger partial charge in [0.05, 0.1) is 0 Å². The van der Waals surface area contributed by atoms with E-state index in [1.165, 1.54) is 12.8 Å². The standard InChI is InChI=1S/C5H10N2/c1-6-7-4-5-2-3-5/h4-6H,2-3H2,1H3/b7-4+. The summed E-state index contributed by atoms with van der Waals surface area (Å²) < 4.78 is 0. The Hall–Kier alpha value is -0.530. The fourth-order valence-corrected chi connectivity index (χ4v) is 0.425. The molecule has 0 atom stereocenters. The lowest BCUT2D eigenvalue weighted by Crippen LogP contribution is -1.93. The van der Waals surface area contributed by atoms with Gasteiger partial charge in [-0.2, -0.15) is 5.10 Å². The highest BCUT2D eigenvalue weighted by atomic mass is 15.3. The van der Waals surface area contributed by atoms with Gasteiger partial charge in [-0.15, -0.1) is 0 Å². The summed E-state index contributed by atoms with van der Waals surface area (Å²) in [5.41, 5.74) is 2.71. The van der Waals surface area contributed by atoms with Crippen LogP contribution in [0.15, 0.2) is 5.10 Å². The van der Waals surface area contributed by atoms with E-state index in [1.54, 1.807) is 0 Å². The Morgan fingerprint density at radius 3 is 2.86 bits per heavy atom. The maximum Gasteiger partial charge on any atom is 0.0273 e. The van der Waals surface area contributed by atoms with Crippen molar-refractivity contribution in [1.82, 2.24) is 5.43 Å². The van der Waals surface area contributed by atoms with Crippen molar-refractivity contribution in [1.29, 1.82) is 0 Å². The van der Waals surface area contributed by atoms with E-state index in [9.17, 15) is 0 Å². The Balaban J connectivity index is 2.05. The van der Waals surface area contributed by atoms with Gasteiger partial charge in [-0.1, -0.05) is 0 Å². The largest absolute Gasteiger partial charge is 0.313 e. The van der Waals surface area contributed by atoms with Gasteiger partial charge in [0.2, 0.25) is 0 Å². The van der Waals surface area contributed by atoms with Crippen LogP contribution in [0.1, 0.15) is 12.8 Å². The summed E-state index contributed by atoms with van der Waals surface area (Å²) in [7, 11) is 1.82. The van der Waals surface area contributed by atoms with Gasteiger partial charge >= 0.3 is 0 Å². The van der Waals surface area contributed by atoms with Crippen molar-refractivity contribution in [2.75, 3.05) is 7.05 Å². The van der Waals surface area contributed by atoms with E-state index in [1.807, 2.05) is 13.3 Å². The molecule has 7 heavy (non-hydrogen) atoms. The van der Waals surface area contributed by atoms with Crippen LogP contribution in [0.3, 0.4) is 0 Å². The van der Waals surface area contributed by atoms with Crippen LogP contribution >= 0.6 is 0 Å². The summed E-state index contributed by atoms with van der Waals surface area (Å²) in [6.45, 7) is 0. The van der Waals surface area contributed by atoms with Crippen LogP contribution in [0.4, 0.5) is 0 Å². The molecule has 0 radical (unpaired) electrons. The number of rotatable bonds is 2. The molecule has 1 rings (SSSR count). The number of hydrogen-bond acceptors (Lipinski definition) is 2. The van der Waals surface area contributed by atoms with Gasteiger partial charge in [-0.05, 0) is 18.8 Å². The van der Waals surface area contributed by atoms with E-state index in [0.717, 1.165) is 5.92 Å². The Kier molecular flexibility index (Phi) is 1.29. The monoisotopic (exact) mass is 98.1 g/mol. The molecule has 1 saturated carbocycles. The number of nitrogens with one attached hydrogen (secondary N) is 1. The summed E-state index contributed by atoms with van der Waals surface area (Å²) in [6.07, 6.45) is 4.65. The molecule has 1 fully saturated rings. The Morgan fingerprint density at radius 2 is 2.43 bits per heavy atom. The lowest BCUT2D eigenvalue weighted by molar-refractivity contribution is 0.897. The quantitative estimate of drug-likeness (QED) is 0.397. The summed E-state index contributed by atoms with van der Waals surface area (Å²) in [5.74, 6) is 0.799. The van der Waals surface area contributed by atoms with Crippen LogP contribution in [0.5, 0.6) is 0 Å². The lowest BCUT2D eigenvalue weighted by Gasteiger charge is -1.80. The summed E-state index contributed by atoms with van der Waals surface area (Å²) in [6, 6.07) is 0. The normalized spacial score (nSPS) is 20.7. The Labute approximate surface area is 43.6 Å². The van der Waals surface area contributed by atoms with Crippen molar-refractivity contribution in [2.45, 2.75) is 12.8 Å². The molecule has 0 aromatic carbocycles. The van der Waals surface area contributed by atoms with Crippen LogP contribution in [-0.2, 0) is 0 Å². The molecule has 0 aromatic heterocycles. The fourth-order valence-electron chi connectivity index (χ4n) is 0.425. The average molecular weight is 98.1 g/mol. The van der Waals surface area contributed by atoms with Gasteiger partial charge in [0.15, 0.2) is 0 Å². The van der Waals surface area contributed by atoms with Crippen LogP contribution in [0.2, 0.25) is 0 Å². The zero-order valence-corrected chi connectivity index (χ0v) is 4.52. The molecular formula is C5H10N2. The van der Waals surface area contributed by atoms with Crippen LogP contribution in [-0.4, -0.2) is 13.3 Å². The van der Waals surface area contributed by atoms with Gasteiger partial charge in [0.1, 0.15) is 0 Å². The van der Waals surface area contributed by atoms with Crippen molar-refractivity contribution in [3.05, 3.63) is 0 Å². The van der Waals surface area contributed by atoms with Crippen molar-refractivity contribution in [3.63, 3.8) is 0 Å². The summed E-state index contributed by atoms with van der Waals surface area (Å²) >= 11 is 0. The first-order chi connectivity index (χ1) is 3.43. The number of hydrogen-bond donors (Lipinski definition) is 1. The van der Waals surface area contributed by atoms with Crippen molar-refractivity contribution >= 4 is 6.21 Å². The zero-order chi connectivity index (χ0) is 5.11. The SMILES string of the molecule is CN/N=C/C1CC1. The second-order valence-corrected chi connectivity index (χ2v) is 1.84. The predicted molar refractivity (Wildman–Crippen MR) is 30.3 cm³/mol. The molecule has 1 aliphatic carbocycles. The first-order valence-corrected chi connectivity index (χ1v) is 2.63. The summed E-state index contributed by atoms with van der Waals surface area (Å²) in [4.78, 5) is 0. The van der Waals surface area contributed by atoms with E-state index < -0.39 is 0 Å². The highest BCUT2D eigenvalue weighted by Crippen LogP contribution is 2.25. The first-order valence-electron chi connectivity index (χ1n) is 2.63. The molecule has 2 nitrogen and oxygen atoms in total. The van der Waals surface area contributed by atoms with Gasteiger partial charge < -0.3 is 5.43 Å².